The van der Waals surface area contributed by atoms with Gasteiger partial charge in [0, 0.05) is 16.2 Å². The molecule has 5 aromatic rings. The Balaban J connectivity index is 1.50. The molecule has 5 rings (SSSR count). The molecule has 0 radical (unpaired) electrons. The predicted octanol–water partition coefficient (Wildman–Crippen LogP) is 6.07. The van der Waals surface area contributed by atoms with Crippen LogP contribution in [0.1, 0.15) is 16.1 Å². The molecule has 1 aromatic carbocycles. The highest BCUT2D eigenvalue weighted by Gasteiger charge is 2.16. The summed E-state index contributed by atoms with van der Waals surface area (Å²) >= 11 is 3.48. The number of carbonyl (C=O) groups is 1. The Kier molecular flexibility index (Phi) is 4.76. The molecule has 152 valence electrons. The summed E-state index contributed by atoms with van der Waals surface area (Å²) in [6.07, 6.45) is 5.10. The number of fused-ring (bicyclic) bond motifs is 1. The number of halogens is 1. The summed E-state index contributed by atoms with van der Waals surface area (Å²) in [6, 6.07) is 17.6. The van der Waals surface area contributed by atoms with E-state index >= 15 is 0 Å². The van der Waals surface area contributed by atoms with Gasteiger partial charge in [-0.15, -0.1) is 0 Å². The lowest BCUT2D eigenvalue weighted by Gasteiger charge is -1.99. The topological polar surface area (TPSA) is 93.2 Å². The number of hydrogen-bond acceptors (Lipinski definition) is 5. The maximum atomic E-state index is 11.0. The van der Waals surface area contributed by atoms with E-state index in [1.165, 1.54) is 0 Å². The molecule has 0 aliphatic carbocycles. The van der Waals surface area contributed by atoms with Gasteiger partial charge in [0.15, 0.2) is 17.3 Å². The summed E-state index contributed by atoms with van der Waals surface area (Å²) in [5, 5.41) is 9.04. The quantitative estimate of drug-likeness (QED) is 0.311. The molecular weight excluding hydrogens is 462 g/mol. The summed E-state index contributed by atoms with van der Waals surface area (Å²) in [6.45, 7) is 0. The van der Waals surface area contributed by atoms with Gasteiger partial charge in [-0.25, -0.2) is 14.8 Å². The first-order chi connectivity index (χ1) is 15.1. The highest BCUT2D eigenvalue weighted by Crippen LogP contribution is 2.32. The maximum Gasteiger partial charge on any atom is 0.335 e. The number of aromatic nitrogens is 2. The first-order valence-electron chi connectivity index (χ1n) is 9.27. The van der Waals surface area contributed by atoms with Crippen molar-refractivity contribution in [3.63, 3.8) is 0 Å². The number of carboxylic acid groups (broad SMARTS) is 1. The van der Waals surface area contributed by atoms with Crippen molar-refractivity contribution in [2.75, 3.05) is 0 Å². The van der Waals surface area contributed by atoms with E-state index in [4.69, 9.17) is 13.9 Å². The van der Waals surface area contributed by atoms with Crippen LogP contribution in [-0.2, 0) is 0 Å². The fraction of sp³-hybridized carbons (Fsp3) is 0. The average Bonchev–Trinajstić information content (AvgIpc) is 3.52. The Labute approximate surface area is 184 Å². The molecule has 0 atom stereocenters. The zero-order chi connectivity index (χ0) is 21.4. The minimum atomic E-state index is -0.967. The number of pyridine rings is 1. The van der Waals surface area contributed by atoms with E-state index in [-0.39, 0.29) is 5.56 Å². The predicted molar refractivity (Wildman–Crippen MR) is 119 cm³/mol. The second kappa shape index (κ2) is 7.73. The van der Waals surface area contributed by atoms with Gasteiger partial charge < -0.3 is 13.9 Å². The monoisotopic (exact) mass is 475 g/mol. The van der Waals surface area contributed by atoms with Crippen molar-refractivity contribution in [2.45, 2.75) is 0 Å². The molecular formula is C23H14BrN3O4. The van der Waals surface area contributed by atoms with Gasteiger partial charge in [-0.3, -0.25) is 4.40 Å². The van der Waals surface area contributed by atoms with Crippen molar-refractivity contribution in [3.05, 3.63) is 88.9 Å². The Morgan fingerprint density at radius 3 is 2.65 bits per heavy atom. The van der Waals surface area contributed by atoms with Crippen molar-refractivity contribution in [3.8, 4) is 22.8 Å². The van der Waals surface area contributed by atoms with Crippen LogP contribution in [0.25, 0.3) is 28.4 Å². The zero-order valence-electron chi connectivity index (χ0n) is 15.9. The van der Waals surface area contributed by atoms with Crippen LogP contribution in [0, 0.1) is 0 Å². The summed E-state index contributed by atoms with van der Waals surface area (Å²) in [4.78, 5) is 20.3. The lowest BCUT2D eigenvalue weighted by atomic mass is 10.1. The van der Waals surface area contributed by atoms with E-state index < -0.39 is 5.97 Å². The van der Waals surface area contributed by atoms with Crippen molar-refractivity contribution in [2.24, 2.45) is 4.99 Å². The number of imidazole rings is 1. The van der Waals surface area contributed by atoms with Crippen LogP contribution in [0.15, 0.2) is 91.4 Å². The lowest BCUT2D eigenvalue weighted by molar-refractivity contribution is 0.0697. The smallest absolute Gasteiger partial charge is 0.335 e. The molecule has 0 aliphatic rings. The van der Waals surface area contributed by atoms with E-state index in [9.17, 15) is 4.79 Å². The molecule has 0 spiro atoms. The number of furan rings is 2. The van der Waals surface area contributed by atoms with Crippen molar-refractivity contribution in [1.82, 2.24) is 9.38 Å². The summed E-state index contributed by atoms with van der Waals surface area (Å²) in [7, 11) is 0. The molecule has 0 saturated carbocycles. The highest BCUT2D eigenvalue weighted by atomic mass is 79.9. The molecule has 0 fully saturated rings. The Morgan fingerprint density at radius 2 is 1.90 bits per heavy atom. The largest absolute Gasteiger partial charge is 0.478 e. The van der Waals surface area contributed by atoms with Crippen LogP contribution >= 0.6 is 15.9 Å². The molecule has 0 aliphatic heterocycles. The molecule has 0 unspecified atom stereocenters. The molecule has 31 heavy (non-hydrogen) atoms. The van der Waals surface area contributed by atoms with Crippen molar-refractivity contribution in [1.29, 1.82) is 0 Å². The molecule has 0 saturated heterocycles. The van der Waals surface area contributed by atoms with Crippen LogP contribution in [0.5, 0.6) is 0 Å². The molecule has 1 N–H and O–H groups in total. The maximum absolute atomic E-state index is 11.0. The van der Waals surface area contributed by atoms with E-state index in [1.54, 1.807) is 48.9 Å². The highest BCUT2D eigenvalue weighted by molar-refractivity contribution is 9.10. The molecule has 7 nitrogen and oxygen atoms in total. The van der Waals surface area contributed by atoms with E-state index in [2.05, 4.69) is 25.9 Å². The van der Waals surface area contributed by atoms with Crippen molar-refractivity contribution < 1.29 is 18.7 Å². The van der Waals surface area contributed by atoms with E-state index in [0.29, 0.717) is 28.8 Å². The number of carboxylic acids is 1. The second-order valence-corrected chi connectivity index (χ2v) is 7.60. The number of nitrogens with zero attached hydrogens (tertiary/aromatic N) is 3. The third-order valence-electron chi connectivity index (χ3n) is 4.67. The summed E-state index contributed by atoms with van der Waals surface area (Å²) in [5.74, 6) is 1.42. The van der Waals surface area contributed by atoms with Crippen molar-refractivity contribution >= 4 is 39.6 Å². The van der Waals surface area contributed by atoms with Gasteiger partial charge in [-0.05, 0) is 64.5 Å². The SMILES string of the molecule is O=C(O)c1ccc(-c2ccc(C=Nc3c(-c4ccco4)nc4ccc(Br)cn34)o2)cc1. The fourth-order valence-corrected chi connectivity index (χ4v) is 3.52. The van der Waals surface area contributed by atoms with Gasteiger partial charge in [-0.2, -0.15) is 0 Å². The normalized spacial score (nSPS) is 11.5. The number of aliphatic imine (C=N–C) groups is 1. The number of rotatable bonds is 5. The van der Waals surface area contributed by atoms with E-state index in [0.717, 1.165) is 15.7 Å². The average molecular weight is 476 g/mol. The van der Waals surface area contributed by atoms with Gasteiger partial charge >= 0.3 is 5.97 Å². The summed E-state index contributed by atoms with van der Waals surface area (Å²) in [5.41, 5.74) is 2.36. The van der Waals surface area contributed by atoms with Gasteiger partial charge in [0.2, 0.25) is 0 Å². The molecule has 0 amide bonds. The molecule has 8 heteroatoms. The van der Waals surface area contributed by atoms with Crippen LogP contribution in [0.2, 0.25) is 0 Å². The summed E-state index contributed by atoms with van der Waals surface area (Å²) < 4.78 is 14.2. The Hall–Kier alpha value is -3.91. The third kappa shape index (κ3) is 3.69. The zero-order valence-corrected chi connectivity index (χ0v) is 17.5. The van der Waals surface area contributed by atoms with Gasteiger partial charge in [0.25, 0.3) is 0 Å². The van der Waals surface area contributed by atoms with Gasteiger partial charge in [0.1, 0.15) is 17.2 Å². The lowest BCUT2D eigenvalue weighted by Crippen LogP contribution is -1.94. The Morgan fingerprint density at radius 1 is 1.06 bits per heavy atom. The number of benzene rings is 1. The number of hydrogen-bond donors (Lipinski definition) is 1. The van der Waals surface area contributed by atoms with Gasteiger partial charge in [0.05, 0.1) is 18.0 Å². The molecule has 0 bridgehead atoms. The molecule has 4 heterocycles. The standard InChI is InChI=1S/C23H14BrN3O4/c24-16-7-10-20-26-21(19-2-1-11-30-19)22(27(20)13-16)25-12-17-8-9-18(31-17)14-3-5-15(6-4-14)23(28)29/h1-13H,(H,28,29). The fourth-order valence-electron chi connectivity index (χ4n) is 3.19. The number of aromatic carboxylic acids is 1. The first kappa shape index (κ1) is 19.1. The molecule has 4 aromatic heterocycles. The van der Waals surface area contributed by atoms with Crippen LogP contribution < -0.4 is 0 Å². The minimum absolute atomic E-state index is 0.223. The second-order valence-electron chi connectivity index (χ2n) is 6.68. The van der Waals surface area contributed by atoms with E-state index in [1.807, 2.05) is 34.9 Å². The van der Waals surface area contributed by atoms with Gasteiger partial charge in [-0.1, -0.05) is 12.1 Å². The van der Waals surface area contributed by atoms with Crippen LogP contribution in [0.4, 0.5) is 5.82 Å². The van der Waals surface area contributed by atoms with Crippen LogP contribution in [-0.4, -0.2) is 26.7 Å². The first-order valence-corrected chi connectivity index (χ1v) is 10.1. The van der Waals surface area contributed by atoms with Crippen LogP contribution in [0.3, 0.4) is 0 Å². The Bertz CT molecular complexity index is 1410. The third-order valence-corrected chi connectivity index (χ3v) is 5.14. The minimum Gasteiger partial charge on any atom is -0.478 e.